The minimum atomic E-state index is -0.223. The van der Waals surface area contributed by atoms with Crippen LogP contribution in [0.1, 0.15) is 26.2 Å². The van der Waals surface area contributed by atoms with E-state index >= 15 is 0 Å². The Labute approximate surface area is 135 Å². The minimum Gasteiger partial charge on any atom is -0.293 e. The van der Waals surface area contributed by atoms with Gasteiger partial charge in [0.2, 0.25) is 11.9 Å². The molecule has 0 spiro atoms. The van der Waals surface area contributed by atoms with Crippen LogP contribution in [0, 0.1) is 0 Å². The zero-order valence-electron chi connectivity index (χ0n) is 13.3. The number of likely N-dealkylation sites (tertiary alicyclic amines) is 1. The monoisotopic (exact) mass is 314 g/mol. The Bertz CT molecular complexity index is 615. The van der Waals surface area contributed by atoms with Gasteiger partial charge < -0.3 is 0 Å². The fourth-order valence-corrected chi connectivity index (χ4v) is 3.08. The van der Waals surface area contributed by atoms with Gasteiger partial charge in [0.25, 0.3) is 0 Å². The largest absolute Gasteiger partial charge is 0.293 e. The summed E-state index contributed by atoms with van der Waals surface area (Å²) < 4.78 is 1.94. The topological polar surface area (TPSA) is 75.9 Å². The van der Waals surface area contributed by atoms with Crippen molar-refractivity contribution in [1.29, 1.82) is 0 Å². The molecule has 0 bridgehead atoms. The van der Waals surface area contributed by atoms with Crippen LogP contribution in [0.4, 0.5) is 5.95 Å². The predicted octanol–water partition coefficient (Wildman–Crippen LogP) is 1.55. The minimum absolute atomic E-state index is 0.0661. The van der Waals surface area contributed by atoms with Crippen molar-refractivity contribution in [2.75, 3.05) is 11.9 Å². The van der Waals surface area contributed by atoms with Crippen molar-refractivity contribution >= 4 is 11.9 Å². The summed E-state index contributed by atoms with van der Waals surface area (Å²) in [5, 5.41) is 7.08. The Kier molecular flexibility index (Phi) is 4.97. The third-order valence-electron chi connectivity index (χ3n) is 4.31. The Morgan fingerprint density at radius 3 is 2.87 bits per heavy atom. The molecule has 1 aliphatic rings. The highest BCUT2D eigenvalue weighted by atomic mass is 16.2. The highest BCUT2D eigenvalue weighted by molar-refractivity contribution is 5.93. The molecule has 0 aliphatic carbocycles. The van der Waals surface area contributed by atoms with Crippen molar-refractivity contribution in [1.82, 2.24) is 24.6 Å². The van der Waals surface area contributed by atoms with Crippen molar-refractivity contribution in [3.8, 4) is 0 Å². The lowest BCUT2D eigenvalue weighted by Crippen LogP contribution is -2.51. The molecule has 122 valence electrons. The van der Waals surface area contributed by atoms with E-state index in [4.69, 9.17) is 0 Å². The highest BCUT2D eigenvalue weighted by Gasteiger charge is 2.30. The molecule has 1 fully saturated rings. The van der Waals surface area contributed by atoms with Crippen molar-refractivity contribution in [2.45, 2.75) is 44.8 Å². The van der Waals surface area contributed by atoms with E-state index in [-0.39, 0.29) is 11.9 Å². The van der Waals surface area contributed by atoms with Crippen LogP contribution in [0.2, 0.25) is 0 Å². The summed E-state index contributed by atoms with van der Waals surface area (Å²) >= 11 is 0. The number of amides is 1. The Morgan fingerprint density at radius 1 is 1.30 bits per heavy atom. The summed E-state index contributed by atoms with van der Waals surface area (Å²) in [6.45, 7) is 3.68. The van der Waals surface area contributed by atoms with E-state index in [1.165, 1.54) is 6.42 Å². The SMILES string of the molecule is C[C@@H](C(=O)Nc1ncccn1)N1CCCC[C@H]1Cn1cccn1. The molecule has 0 radical (unpaired) electrons. The van der Waals surface area contributed by atoms with Crippen molar-refractivity contribution in [3.63, 3.8) is 0 Å². The van der Waals surface area contributed by atoms with Gasteiger partial charge in [-0.05, 0) is 38.4 Å². The molecule has 7 heteroatoms. The van der Waals surface area contributed by atoms with E-state index in [2.05, 4.69) is 25.3 Å². The van der Waals surface area contributed by atoms with Crippen LogP contribution in [0.3, 0.4) is 0 Å². The zero-order chi connectivity index (χ0) is 16.1. The highest BCUT2D eigenvalue weighted by Crippen LogP contribution is 2.21. The van der Waals surface area contributed by atoms with Gasteiger partial charge >= 0.3 is 0 Å². The Balaban J connectivity index is 1.65. The van der Waals surface area contributed by atoms with Crippen LogP contribution >= 0.6 is 0 Å². The summed E-state index contributed by atoms with van der Waals surface area (Å²) in [5.74, 6) is 0.286. The molecular formula is C16H22N6O. The van der Waals surface area contributed by atoms with E-state index in [9.17, 15) is 4.79 Å². The lowest BCUT2D eigenvalue weighted by molar-refractivity contribution is -0.122. The molecule has 1 aliphatic heterocycles. The van der Waals surface area contributed by atoms with Crippen LogP contribution in [-0.2, 0) is 11.3 Å². The number of aromatic nitrogens is 4. The third kappa shape index (κ3) is 3.92. The van der Waals surface area contributed by atoms with Gasteiger partial charge in [0.05, 0.1) is 12.6 Å². The number of piperidine rings is 1. The predicted molar refractivity (Wildman–Crippen MR) is 86.7 cm³/mol. The summed E-state index contributed by atoms with van der Waals surface area (Å²) in [5.41, 5.74) is 0. The summed E-state index contributed by atoms with van der Waals surface area (Å²) in [7, 11) is 0. The van der Waals surface area contributed by atoms with Crippen LogP contribution in [0.15, 0.2) is 36.9 Å². The molecule has 3 heterocycles. The van der Waals surface area contributed by atoms with Crippen LogP contribution in [0.25, 0.3) is 0 Å². The standard InChI is InChI=1S/C16H22N6O/c1-13(15(23)20-16-17-7-4-8-18-16)22-11-3-2-6-14(22)12-21-10-5-9-19-21/h4-5,7-10,13-14H,2-3,6,11-12H2,1H3,(H,17,18,20,23)/t13-,14-/m0/s1. The molecule has 0 aromatic carbocycles. The van der Waals surface area contributed by atoms with Crippen LogP contribution in [0.5, 0.6) is 0 Å². The van der Waals surface area contributed by atoms with Crippen molar-refractivity contribution in [2.24, 2.45) is 0 Å². The van der Waals surface area contributed by atoms with Crippen LogP contribution in [-0.4, -0.2) is 49.2 Å². The number of carbonyl (C=O) groups is 1. The zero-order valence-corrected chi connectivity index (χ0v) is 13.3. The number of rotatable bonds is 5. The number of anilines is 1. The third-order valence-corrected chi connectivity index (χ3v) is 4.31. The molecule has 1 N–H and O–H groups in total. The molecular weight excluding hydrogens is 292 g/mol. The van der Waals surface area contributed by atoms with Gasteiger partial charge in [0.15, 0.2) is 0 Å². The van der Waals surface area contributed by atoms with Crippen molar-refractivity contribution in [3.05, 3.63) is 36.9 Å². The molecule has 2 atom stereocenters. The second-order valence-electron chi connectivity index (χ2n) is 5.85. The van der Waals surface area contributed by atoms with Gasteiger partial charge in [0.1, 0.15) is 0 Å². The normalized spacial score (nSPS) is 20.1. The van der Waals surface area contributed by atoms with E-state index < -0.39 is 0 Å². The summed E-state index contributed by atoms with van der Waals surface area (Å²) in [6.07, 6.45) is 10.4. The first-order chi connectivity index (χ1) is 11.2. The molecule has 0 saturated carbocycles. The van der Waals surface area contributed by atoms with E-state index in [0.717, 1.165) is 25.9 Å². The van der Waals surface area contributed by atoms with Gasteiger partial charge in [-0.2, -0.15) is 5.10 Å². The second-order valence-corrected chi connectivity index (χ2v) is 5.85. The maximum atomic E-state index is 12.5. The average Bonchev–Trinajstić information content (AvgIpc) is 3.09. The van der Waals surface area contributed by atoms with E-state index in [0.29, 0.717) is 12.0 Å². The van der Waals surface area contributed by atoms with Gasteiger partial charge in [-0.1, -0.05) is 6.42 Å². The Hall–Kier alpha value is -2.28. The summed E-state index contributed by atoms with van der Waals surface area (Å²) in [4.78, 5) is 22.9. The maximum Gasteiger partial charge on any atom is 0.243 e. The lowest BCUT2D eigenvalue weighted by atomic mass is 9.99. The molecule has 2 aromatic heterocycles. The number of nitrogens with zero attached hydrogens (tertiary/aromatic N) is 5. The quantitative estimate of drug-likeness (QED) is 0.906. The van der Waals surface area contributed by atoms with E-state index in [1.54, 1.807) is 24.7 Å². The first-order valence-electron chi connectivity index (χ1n) is 8.05. The molecule has 1 amide bonds. The van der Waals surface area contributed by atoms with Crippen LogP contribution < -0.4 is 5.32 Å². The molecule has 7 nitrogen and oxygen atoms in total. The van der Waals surface area contributed by atoms with Crippen molar-refractivity contribution < 1.29 is 4.79 Å². The van der Waals surface area contributed by atoms with Gasteiger partial charge in [-0.3, -0.25) is 19.7 Å². The second kappa shape index (κ2) is 7.32. The summed E-state index contributed by atoms with van der Waals surface area (Å²) in [6, 6.07) is 3.75. The maximum absolute atomic E-state index is 12.5. The first-order valence-corrected chi connectivity index (χ1v) is 8.05. The molecule has 23 heavy (non-hydrogen) atoms. The lowest BCUT2D eigenvalue weighted by Gasteiger charge is -2.39. The van der Waals surface area contributed by atoms with Gasteiger partial charge in [0, 0.05) is 30.8 Å². The average molecular weight is 314 g/mol. The molecule has 0 unspecified atom stereocenters. The number of hydrogen-bond acceptors (Lipinski definition) is 5. The van der Waals surface area contributed by atoms with E-state index in [1.807, 2.05) is 23.9 Å². The number of hydrogen-bond donors (Lipinski definition) is 1. The molecule has 2 aromatic rings. The first kappa shape index (κ1) is 15.6. The fourth-order valence-electron chi connectivity index (χ4n) is 3.08. The molecule has 1 saturated heterocycles. The van der Waals surface area contributed by atoms with Gasteiger partial charge in [-0.25, -0.2) is 9.97 Å². The van der Waals surface area contributed by atoms with Gasteiger partial charge in [-0.15, -0.1) is 0 Å². The smallest absolute Gasteiger partial charge is 0.243 e. The fraction of sp³-hybridized carbons (Fsp3) is 0.500. The number of carbonyl (C=O) groups excluding carboxylic acids is 1. The Morgan fingerprint density at radius 2 is 2.13 bits per heavy atom. The number of nitrogens with one attached hydrogen (secondary N) is 1. The molecule has 3 rings (SSSR count).